The maximum absolute atomic E-state index is 13.0. The van der Waals surface area contributed by atoms with Gasteiger partial charge >= 0.3 is 0 Å². The second-order valence-corrected chi connectivity index (χ2v) is 7.66. The highest BCUT2D eigenvalue weighted by Gasteiger charge is 2.39. The van der Waals surface area contributed by atoms with Crippen molar-refractivity contribution < 1.29 is 14.4 Å². The quantitative estimate of drug-likeness (QED) is 0.629. The van der Waals surface area contributed by atoms with Crippen LogP contribution in [0.25, 0.3) is 0 Å². The summed E-state index contributed by atoms with van der Waals surface area (Å²) in [6.45, 7) is 2.04. The van der Waals surface area contributed by atoms with Crippen LogP contribution in [0, 0.1) is 5.92 Å². The molecule has 0 saturated heterocycles. The number of amides is 3. The Bertz CT molecular complexity index is 962. The van der Waals surface area contributed by atoms with Crippen molar-refractivity contribution in [2.24, 2.45) is 5.92 Å². The Morgan fingerprint density at radius 2 is 1.64 bits per heavy atom. The molecule has 1 aliphatic heterocycles. The molecule has 2 unspecified atom stereocenters. The molecule has 1 aliphatic carbocycles. The van der Waals surface area contributed by atoms with Gasteiger partial charge in [-0.05, 0) is 55.5 Å². The van der Waals surface area contributed by atoms with Gasteiger partial charge in [-0.2, -0.15) is 5.01 Å². The molecule has 1 N–H and O–H groups in total. The first kappa shape index (κ1) is 18.4. The predicted molar refractivity (Wildman–Crippen MR) is 106 cm³/mol. The molecule has 28 heavy (non-hydrogen) atoms. The van der Waals surface area contributed by atoms with Crippen LogP contribution in [0.4, 0.5) is 0 Å². The number of imide groups is 1. The molecule has 142 valence electrons. The highest BCUT2D eigenvalue weighted by Crippen LogP contribution is 2.38. The van der Waals surface area contributed by atoms with Crippen molar-refractivity contribution in [2.45, 2.75) is 25.7 Å². The summed E-state index contributed by atoms with van der Waals surface area (Å²) in [5.41, 5.74) is 5.40. The normalized spacial score (nSPS) is 21.4. The van der Waals surface area contributed by atoms with Crippen LogP contribution in [0.5, 0.6) is 0 Å². The van der Waals surface area contributed by atoms with Gasteiger partial charge in [0.2, 0.25) is 5.91 Å². The molecule has 0 spiro atoms. The van der Waals surface area contributed by atoms with Crippen molar-refractivity contribution in [1.29, 1.82) is 0 Å². The van der Waals surface area contributed by atoms with Crippen LogP contribution in [-0.4, -0.2) is 22.7 Å². The molecule has 1 heterocycles. The van der Waals surface area contributed by atoms with Crippen LogP contribution in [0.1, 0.15) is 52.0 Å². The molecular weight excluding hydrogens is 376 g/mol. The monoisotopic (exact) mass is 394 g/mol. The lowest BCUT2D eigenvalue weighted by Crippen LogP contribution is -2.49. The highest BCUT2D eigenvalue weighted by molar-refractivity contribution is 6.30. The van der Waals surface area contributed by atoms with E-state index in [-0.39, 0.29) is 17.7 Å². The Morgan fingerprint density at radius 3 is 2.25 bits per heavy atom. The Labute approximate surface area is 168 Å². The van der Waals surface area contributed by atoms with Gasteiger partial charge in [-0.25, -0.2) is 0 Å². The minimum atomic E-state index is -0.500. The molecule has 0 aromatic heterocycles. The molecule has 3 amide bonds. The van der Waals surface area contributed by atoms with Crippen LogP contribution >= 0.6 is 11.6 Å². The van der Waals surface area contributed by atoms with Crippen molar-refractivity contribution in [3.63, 3.8) is 0 Å². The maximum atomic E-state index is 13.0. The fourth-order valence-electron chi connectivity index (χ4n) is 3.90. The number of benzene rings is 2. The van der Waals surface area contributed by atoms with Gasteiger partial charge in [0.25, 0.3) is 11.8 Å². The van der Waals surface area contributed by atoms with Crippen molar-refractivity contribution in [1.82, 2.24) is 10.4 Å². The van der Waals surface area contributed by atoms with Crippen molar-refractivity contribution in [3.8, 4) is 0 Å². The molecule has 2 aromatic carbocycles. The summed E-state index contributed by atoms with van der Waals surface area (Å²) >= 11 is 6.00. The standard InChI is InChI=1S/C22H19ClN2O3/c1-13-6-11-16(19(12-13)14-7-9-15(23)10-8-14)20(26)24-25-21(27)17-4-2-3-5-18(17)22(25)28/h2-10,16,19H,11-12H2,1H3,(H,24,26). The summed E-state index contributed by atoms with van der Waals surface area (Å²) in [5, 5.41) is 1.47. The summed E-state index contributed by atoms with van der Waals surface area (Å²) in [6.07, 6.45) is 3.33. The lowest BCUT2D eigenvalue weighted by Gasteiger charge is -2.31. The molecular formula is C22H19ClN2O3. The first-order valence-electron chi connectivity index (χ1n) is 9.15. The third-order valence-corrected chi connectivity index (χ3v) is 5.65. The van der Waals surface area contributed by atoms with Crippen LogP contribution in [0.2, 0.25) is 5.02 Å². The third kappa shape index (κ3) is 3.22. The molecule has 2 aliphatic rings. The average Bonchev–Trinajstić information content (AvgIpc) is 2.93. The van der Waals surface area contributed by atoms with E-state index in [0.717, 1.165) is 17.0 Å². The molecule has 2 aromatic rings. The van der Waals surface area contributed by atoms with Gasteiger partial charge in [-0.15, -0.1) is 0 Å². The first-order chi connectivity index (χ1) is 13.5. The van der Waals surface area contributed by atoms with Gasteiger partial charge in [0.05, 0.1) is 17.0 Å². The fraction of sp³-hybridized carbons (Fsp3) is 0.227. The van der Waals surface area contributed by atoms with Crippen LogP contribution in [-0.2, 0) is 4.79 Å². The molecule has 0 radical (unpaired) electrons. The lowest BCUT2D eigenvalue weighted by atomic mass is 9.75. The number of hydrogen-bond acceptors (Lipinski definition) is 3. The zero-order valence-corrected chi connectivity index (χ0v) is 16.1. The van der Waals surface area contributed by atoms with Gasteiger partial charge in [-0.3, -0.25) is 19.8 Å². The molecule has 6 heteroatoms. The SMILES string of the molecule is CC1=CCC(C(=O)NN2C(=O)c3ccccc3C2=O)C(c2ccc(Cl)cc2)C1. The number of hydrazine groups is 1. The summed E-state index contributed by atoms with van der Waals surface area (Å²) in [5.74, 6) is -1.76. The van der Waals surface area contributed by atoms with Crippen LogP contribution < -0.4 is 5.43 Å². The number of carbonyl (C=O) groups is 3. The second-order valence-electron chi connectivity index (χ2n) is 7.22. The van der Waals surface area contributed by atoms with E-state index in [4.69, 9.17) is 11.6 Å². The van der Waals surface area contributed by atoms with Gasteiger partial charge in [-0.1, -0.05) is 47.5 Å². The summed E-state index contributed by atoms with van der Waals surface area (Å²) in [4.78, 5) is 38.1. The minimum absolute atomic E-state index is 0.0440. The third-order valence-electron chi connectivity index (χ3n) is 5.40. The Kier molecular flexibility index (Phi) is 4.77. The van der Waals surface area contributed by atoms with E-state index in [1.165, 1.54) is 5.57 Å². The summed E-state index contributed by atoms with van der Waals surface area (Å²) in [7, 11) is 0. The smallest absolute Gasteiger partial charge is 0.273 e. The van der Waals surface area contributed by atoms with E-state index >= 15 is 0 Å². The zero-order chi connectivity index (χ0) is 19.8. The van der Waals surface area contributed by atoms with E-state index in [0.29, 0.717) is 22.6 Å². The highest BCUT2D eigenvalue weighted by atomic mass is 35.5. The van der Waals surface area contributed by atoms with Gasteiger partial charge in [0.1, 0.15) is 0 Å². The van der Waals surface area contributed by atoms with Crippen LogP contribution in [0.15, 0.2) is 60.2 Å². The van der Waals surface area contributed by atoms with E-state index in [1.54, 1.807) is 24.3 Å². The van der Waals surface area contributed by atoms with Gasteiger partial charge < -0.3 is 0 Å². The Balaban J connectivity index is 1.57. The first-order valence-corrected chi connectivity index (χ1v) is 9.53. The number of carbonyl (C=O) groups excluding carboxylic acids is 3. The molecule has 2 atom stereocenters. The number of fused-ring (bicyclic) bond motifs is 1. The molecule has 4 rings (SSSR count). The predicted octanol–water partition coefficient (Wildman–Crippen LogP) is 4.11. The largest absolute Gasteiger partial charge is 0.280 e. The fourth-order valence-corrected chi connectivity index (χ4v) is 4.02. The van der Waals surface area contributed by atoms with Crippen molar-refractivity contribution in [2.75, 3.05) is 0 Å². The zero-order valence-electron chi connectivity index (χ0n) is 15.3. The number of rotatable bonds is 3. The van der Waals surface area contributed by atoms with Crippen molar-refractivity contribution >= 4 is 29.3 Å². The van der Waals surface area contributed by atoms with Crippen LogP contribution in [0.3, 0.4) is 0 Å². The number of nitrogens with one attached hydrogen (secondary N) is 1. The number of nitrogens with zero attached hydrogens (tertiary/aromatic N) is 1. The maximum Gasteiger partial charge on any atom is 0.280 e. The van der Waals surface area contributed by atoms with Gasteiger partial charge in [0.15, 0.2) is 0 Å². The Hall–Kier alpha value is -2.92. The number of halogens is 1. The topological polar surface area (TPSA) is 66.5 Å². The number of hydrogen-bond donors (Lipinski definition) is 1. The molecule has 0 saturated carbocycles. The van der Waals surface area contributed by atoms with Crippen molar-refractivity contribution in [3.05, 3.63) is 81.9 Å². The van der Waals surface area contributed by atoms with E-state index in [1.807, 2.05) is 37.3 Å². The van der Waals surface area contributed by atoms with E-state index in [9.17, 15) is 14.4 Å². The molecule has 5 nitrogen and oxygen atoms in total. The Morgan fingerprint density at radius 1 is 1.04 bits per heavy atom. The second kappa shape index (κ2) is 7.24. The summed E-state index contributed by atoms with van der Waals surface area (Å²) in [6, 6.07) is 14.0. The average molecular weight is 395 g/mol. The minimum Gasteiger partial charge on any atom is -0.273 e. The lowest BCUT2D eigenvalue weighted by molar-refractivity contribution is -0.129. The number of allylic oxidation sites excluding steroid dienone is 2. The van der Waals surface area contributed by atoms with Gasteiger partial charge in [0, 0.05) is 5.02 Å². The summed E-state index contributed by atoms with van der Waals surface area (Å²) < 4.78 is 0. The molecule has 0 fully saturated rings. The van der Waals surface area contributed by atoms with E-state index < -0.39 is 11.8 Å². The molecule has 0 bridgehead atoms. The van der Waals surface area contributed by atoms with E-state index in [2.05, 4.69) is 5.43 Å².